The molecule has 0 atom stereocenters. The summed E-state index contributed by atoms with van der Waals surface area (Å²) in [5, 5.41) is 0. The van der Waals surface area contributed by atoms with Crippen molar-refractivity contribution < 1.29 is 28.8 Å². The van der Waals surface area contributed by atoms with Crippen LogP contribution in [0.2, 0.25) is 0 Å². The molecule has 0 aliphatic carbocycles. The molecule has 1 fully saturated rings. The van der Waals surface area contributed by atoms with Crippen molar-refractivity contribution in [3.05, 3.63) is 0 Å². The lowest BCUT2D eigenvalue weighted by atomic mass is 10.3. The highest BCUT2D eigenvalue weighted by molar-refractivity contribution is 4.76. The Balaban J connectivity index is 3.94. The van der Waals surface area contributed by atoms with E-state index in [4.69, 9.17) is 28.8 Å². The number of nitrogens with zero attached hydrogens (tertiary/aromatic N) is 3. The van der Waals surface area contributed by atoms with E-state index in [0.29, 0.717) is 14.7 Å². The van der Waals surface area contributed by atoms with Gasteiger partial charge in [-0.3, -0.25) is 14.7 Å². The zero-order valence-corrected chi connectivity index (χ0v) is 10.1. The lowest BCUT2D eigenvalue weighted by Crippen LogP contribution is -2.41. The van der Waals surface area contributed by atoms with E-state index in [9.17, 15) is 0 Å². The molecule has 3 heteroatoms. The van der Waals surface area contributed by atoms with Crippen LogP contribution in [0, 0.1) is 0 Å². The minimum atomic E-state index is -3.54. The van der Waals surface area contributed by atoms with Crippen molar-refractivity contribution in [2.45, 2.75) is 59.2 Å². The Morgan fingerprint density at radius 3 is 1.00 bits per heavy atom. The molecule has 0 spiro atoms. The van der Waals surface area contributed by atoms with Gasteiger partial charge in [-0.15, -0.1) is 0 Å². The second-order valence-electron chi connectivity index (χ2n) is 4.01. The van der Waals surface area contributed by atoms with Crippen molar-refractivity contribution >= 4 is 0 Å². The minimum Gasteiger partial charge on any atom is -0.298 e. The van der Waals surface area contributed by atoms with Crippen molar-refractivity contribution in [2.24, 2.45) is 0 Å². The van der Waals surface area contributed by atoms with E-state index >= 15 is 0 Å². The Bertz CT molecular complexity index is 667. The van der Waals surface area contributed by atoms with E-state index in [1.807, 2.05) is 0 Å². The summed E-state index contributed by atoms with van der Waals surface area (Å²) in [5.74, 6) is 0. The highest BCUT2D eigenvalue weighted by atomic mass is 15.3. The molecule has 0 aromatic heterocycles. The first-order valence-corrected chi connectivity index (χ1v) is 5.57. The van der Waals surface area contributed by atoms with Crippen molar-refractivity contribution in [2.75, 3.05) is 39.3 Å². The second kappa shape index (κ2) is 7.46. The fourth-order valence-electron chi connectivity index (χ4n) is 1.73. The van der Waals surface area contributed by atoms with Crippen LogP contribution in [0.15, 0.2) is 0 Å². The van der Waals surface area contributed by atoms with Crippen LogP contribution in [-0.2, 0) is 0 Å². The molecule has 1 saturated heterocycles. The van der Waals surface area contributed by atoms with Crippen LogP contribution in [0.5, 0.6) is 0 Å². The minimum absolute atomic E-state index is 0.539. The van der Waals surface area contributed by atoms with Crippen LogP contribution in [0.25, 0.3) is 0 Å². The SMILES string of the molecule is [2H]C([2H])([2H])C([2H])(N1CCN(C([2H])(C([2H])([2H])[2H])C([2H])([2H])[2H])CCN(C([2H])(C([2H])([2H])[2H])C([2H])([2H])[2H])CC1)C([2H])([2H])[2H]. The number of hydrogen-bond donors (Lipinski definition) is 0. The molecule has 0 radical (unpaired) electrons. The van der Waals surface area contributed by atoms with Gasteiger partial charge in [0.2, 0.25) is 0 Å². The van der Waals surface area contributed by atoms with Crippen LogP contribution in [0.3, 0.4) is 0 Å². The number of hydrogen-bond acceptors (Lipinski definition) is 3. The summed E-state index contributed by atoms with van der Waals surface area (Å²) >= 11 is 0. The van der Waals surface area contributed by atoms with Gasteiger partial charge in [0.25, 0.3) is 0 Å². The van der Waals surface area contributed by atoms with Gasteiger partial charge in [-0.05, 0) is 41.1 Å². The van der Waals surface area contributed by atoms with Gasteiger partial charge in [0.15, 0.2) is 0 Å². The second-order valence-corrected chi connectivity index (χ2v) is 4.01. The molecule has 1 aliphatic heterocycles. The van der Waals surface area contributed by atoms with Gasteiger partial charge in [-0.1, -0.05) is 0 Å². The molecule has 1 aliphatic rings. The predicted octanol–water partition coefficient (Wildman–Crippen LogP) is 2.13. The average Bonchev–Trinajstić information content (AvgIpc) is 2.77. The Hall–Kier alpha value is -0.120. The summed E-state index contributed by atoms with van der Waals surface area (Å²) < 4.78 is 166. The van der Waals surface area contributed by atoms with E-state index < -0.39 is 98.4 Å². The zero-order valence-electron chi connectivity index (χ0n) is 31.1. The molecule has 108 valence electrons. The summed E-state index contributed by atoms with van der Waals surface area (Å²) in [7, 11) is 0. The monoisotopic (exact) mass is 276 g/mol. The molecule has 18 heavy (non-hydrogen) atoms. The van der Waals surface area contributed by atoms with Gasteiger partial charge >= 0.3 is 0 Å². The maximum absolute atomic E-state index is 8.52. The third-order valence-electron chi connectivity index (χ3n) is 2.87. The van der Waals surface area contributed by atoms with E-state index in [-0.39, 0.29) is 0 Å². The zero-order chi connectivity index (χ0) is 31.5. The van der Waals surface area contributed by atoms with Gasteiger partial charge in [-0.25, -0.2) is 0 Å². The average molecular weight is 277 g/mol. The van der Waals surface area contributed by atoms with Crippen LogP contribution in [0.4, 0.5) is 0 Å². The Kier molecular flexibility index (Phi) is 1.40. The van der Waals surface area contributed by atoms with Crippen LogP contribution < -0.4 is 0 Å². The molecule has 0 aromatic carbocycles. The standard InChI is InChI=1S/C15H33N3/c1-13(2)16-7-9-17(14(3)4)11-12-18(10-8-16)15(5)6/h13-15H,7-12H2,1-6H3/i1D3,2D3,3D3,4D3,5D3,6D3,13D,14D,15D. The van der Waals surface area contributed by atoms with Crippen LogP contribution in [0.1, 0.15) is 69.9 Å². The van der Waals surface area contributed by atoms with E-state index in [2.05, 4.69) is 0 Å². The molecule has 0 aromatic rings. The molecular formula is C15H33N3. The quantitative estimate of drug-likeness (QED) is 0.782. The molecule has 1 heterocycles. The molecular weight excluding hydrogens is 222 g/mol. The Labute approximate surface area is 144 Å². The topological polar surface area (TPSA) is 9.72 Å². The summed E-state index contributed by atoms with van der Waals surface area (Å²) in [6.07, 6.45) is 0. The first-order valence-electron chi connectivity index (χ1n) is 16.1. The molecule has 0 unspecified atom stereocenters. The smallest absolute Gasteiger partial charge is 0.0461 e. The molecule has 0 N–H and O–H groups in total. The van der Waals surface area contributed by atoms with Gasteiger partial charge < -0.3 is 0 Å². The molecule has 0 bridgehead atoms. The third kappa shape index (κ3) is 4.87. The summed E-state index contributed by atoms with van der Waals surface area (Å²) in [6, 6.07) is -10.2. The first-order chi connectivity index (χ1) is 16.8. The van der Waals surface area contributed by atoms with E-state index in [1.165, 1.54) is 0 Å². The van der Waals surface area contributed by atoms with E-state index in [0.717, 1.165) is 0 Å². The Morgan fingerprint density at radius 2 is 0.833 bits per heavy atom. The largest absolute Gasteiger partial charge is 0.298 e. The fourth-order valence-corrected chi connectivity index (χ4v) is 1.73. The van der Waals surface area contributed by atoms with Gasteiger partial charge in [-0.2, -0.15) is 0 Å². The first kappa shape index (κ1) is 3.37. The normalized spacial score (nSPS) is 45.7. The van der Waals surface area contributed by atoms with Crippen molar-refractivity contribution in [1.82, 2.24) is 14.7 Å². The third-order valence-corrected chi connectivity index (χ3v) is 2.87. The Morgan fingerprint density at radius 1 is 0.611 bits per heavy atom. The summed E-state index contributed by atoms with van der Waals surface area (Å²) in [4.78, 5) is 1.62. The van der Waals surface area contributed by atoms with Crippen molar-refractivity contribution in [3.63, 3.8) is 0 Å². The molecule has 0 saturated carbocycles. The van der Waals surface area contributed by atoms with Gasteiger partial charge in [0, 0.05) is 86.1 Å². The predicted molar refractivity (Wildman–Crippen MR) is 80.1 cm³/mol. The van der Waals surface area contributed by atoms with Gasteiger partial charge in [0.05, 0.1) is 0 Å². The van der Waals surface area contributed by atoms with Crippen molar-refractivity contribution in [3.8, 4) is 0 Å². The van der Waals surface area contributed by atoms with Gasteiger partial charge in [0.1, 0.15) is 0 Å². The van der Waals surface area contributed by atoms with Crippen LogP contribution in [-0.4, -0.2) is 72.0 Å². The fraction of sp³-hybridized carbons (Fsp3) is 1.00. The molecule has 0 amide bonds. The molecule has 3 nitrogen and oxygen atoms in total. The lowest BCUT2D eigenvalue weighted by molar-refractivity contribution is 0.169. The van der Waals surface area contributed by atoms with E-state index in [1.54, 1.807) is 0 Å². The van der Waals surface area contributed by atoms with Crippen LogP contribution >= 0.6 is 0 Å². The highest BCUT2D eigenvalue weighted by Gasteiger charge is 2.20. The summed E-state index contributed by atoms with van der Waals surface area (Å²) in [5.41, 5.74) is 0. The number of rotatable bonds is 3. The van der Waals surface area contributed by atoms with Crippen molar-refractivity contribution in [1.29, 1.82) is 0 Å². The molecule has 1 rings (SSSR count). The maximum atomic E-state index is 8.52. The lowest BCUT2D eigenvalue weighted by Gasteiger charge is -2.30. The summed E-state index contributed by atoms with van der Waals surface area (Å²) in [6.45, 7) is -25.9. The highest BCUT2D eigenvalue weighted by Crippen LogP contribution is 2.08. The maximum Gasteiger partial charge on any atom is 0.0461 e.